The van der Waals surface area contributed by atoms with Crippen LogP contribution >= 0.6 is 11.5 Å². The van der Waals surface area contributed by atoms with Gasteiger partial charge in [0.05, 0.1) is 11.8 Å². The highest BCUT2D eigenvalue weighted by Gasteiger charge is 2.13. The third kappa shape index (κ3) is 2.41. The van der Waals surface area contributed by atoms with Gasteiger partial charge in [-0.25, -0.2) is 0 Å². The van der Waals surface area contributed by atoms with E-state index in [1.165, 1.54) is 11.5 Å². The van der Waals surface area contributed by atoms with Crippen molar-refractivity contribution < 1.29 is 0 Å². The SMILES string of the molecule is Nc1nsc(NCc2cn[nH]c2)c1-c1cccnc1. The van der Waals surface area contributed by atoms with Crippen molar-refractivity contribution in [3.63, 3.8) is 0 Å². The first-order valence-electron chi connectivity index (χ1n) is 5.71. The number of nitrogens with one attached hydrogen (secondary N) is 2. The molecular weight excluding hydrogens is 260 g/mol. The molecule has 0 radical (unpaired) electrons. The number of hydrogen-bond acceptors (Lipinski definition) is 6. The van der Waals surface area contributed by atoms with E-state index in [0.717, 1.165) is 21.7 Å². The van der Waals surface area contributed by atoms with E-state index in [9.17, 15) is 0 Å². The molecule has 0 aliphatic rings. The fourth-order valence-electron chi connectivity index (χ4n) is 1.77. The van der Waals surface area contributed by atoms with Gasteiger partial charge in [-0.3, -0.25) is 10.1 Å². The average molecular weight is 272 g/mol. The second-order valence-electron chi connectivity index (χ2n) is 3.97. The van der Waals surface area contributed by atoms with Crippen LogP contribution in [-0.4, -0.2) is 19.6 Å². The van der Waals surface area contributed by atoms with Gasteiger partial charge in [0.2, 0.25) is 0 Å². The Morgan fingerprint density at radius 2 is 2.32 bits per heavy atom. The molecule has 0 unspecified atom stereocenters. The van der Waals surface area contributed by atoms with E-state index in [4.69, 9.17) is 5.73 Å². The van der Waals surface area contributed by atoms with Crippen LogP contribution in [0.4, 0.5) is 10.8 Å². The van der Waals surface area contributed by atoms with Crippen molar-refractivity contribution in [2.24, 2.45) is 0 Å². The van der Waals surface area contributed by atoms with Crippen LogP contribution in [-0.2, 0) is 6.54 Å². The van der Waals surface area contributed by atoms with Gasteiger partial charge in [-0.2, -0.15) is 9.47 Å². The predicted octanol–water partition coefficient (Wildman–Crippen LogP) is 2.12. The second-order valence-corrected chi connectivity index (χ2v) is 4.75. The number of aromatic nitrogens is 4. The lowest BCUT2D eigenvalue weighted by atomic mass is 10.1. The molecule has 0 bridgehead atoms. The van der Waals surface area contributed by atoms with Crippen molar-refractivity contribution >= 4 is 22.4 Å². The first kappa shape index (κ1) is 11.7. The Kier molecular flexibility index (Phi) is 3.11. The number of nitrogens with zero attached hydrogens (tertiary/aromatic N) is 3. The van der Waals surface area contributed by atoms with Crippen molar-refractivity contribution in [3.05, 3.63) is 42.5 Å². The standard InChI is InChI=1S/C12H12N6S/c13-11-10(9-2-1-3-14-7-9)12(19-18-11)15-4-8-5-16-17-6-8/h1-3,5-7,15H,4H2,(H2,13,18)(H,16,17). The summed E-state index contributed by atoms with van der Waals surface area (Å²) in [6, 6.07) is 3.85. The van der Waals surface area contributed by atoms with Crippen LogP contribution in [0, 0.1) is 0 Å². The molecule has 96 valence electrons. The summed E-state index contributed by atoms with van der Waals surface area (Å²) in [4.78, 5) is 4.11. The third-order valence-electron chi connectivity index (χ3n) is 2.68. The van der Waals surface area contributed by atoms with Crippen LogP contribution < -0.4 is 11.1 Å². The number of hydrogen-bond donors (Lipinski definition) is 3. The van der Waals surface area contributed by atoms with Crippen molar-refractivity contribution in [3.8, 4) is 11.1 Å². The fraction of sp³-hybridized carbons (Fsp3) is 0.0833. The first-order valence-corrected chi connectivity index (χ1v) is 6.49. The molecule has 0 aromatic carbocycles. The normalized spacial score (nSPS) is 10.5. The zero-order chi connectivity index (χ0) is 13.1. The average Bonchev–Trinajstić information content (AvgIpc) is 3.07. The molecule has 0 spiro atoms. The summed E-state index contributed by atoms with van der Waals surface area (Å²) in [6.45, 7) is 0.672. The summed E-state index contributed by atoms with van der Waals surface area (Å²) in [7, 11) is 0. The minimum Gasteiger partial charge on any atom is -0.382 e. The van der Waals surface area contributed by atoms with Gasteiger partial charge in [-0.1, -0.05) is 6.07 Å². The van der Waals surface area contributed by atoms with Crippen molar-refractivity contribution in [2.75, 3.05) is 11.1 Å². The van der Waals surface area contributed by atoms with Crippen LogP contribution in [0.1, 0.15) is 5.56 Å². The van der Waals surface area contributed by atoms with E-state index >= 15 is 0 Å². The topological polar surface area (TPSA) is 92.5 Å². The van der Waals surface area contributed by atoms with E-state index in [1.54, 1.807) is 18.6 Å². The minimum absolute atomic E-state index is 0.521. The maximum absolute atomic E-state index is 5.94. The largest absolute Gasteiger partial charge is 0.382 e. The molecule has 0 saturated carbocycles. The zero-order valence-corrected chi connectivity index (χ0v) is 10.8. The van der Waals surface area contributed by atoms with E-state index < -0.39 is 0 Å². The van der Waals surface area contributed by atoms with Gasteiger partial charge in [-0.15, -0.1) is 0 Å². The summed E-state index contributed by atoms with van der Waals surface area (Å²) in [5.41, 5.74) is 8.87. The minimum atomic E-state index is 0.521. The highest BCUT2D eigenvalue weighted by Crippen LogP contribution is 2.36. The van der Waals surface area contributed by atoms with Crippen molar-refractivity contribution in [1.29, 1.82) is 0 Å². The molecule has 3 aromatic rings. The van der Waals surface area contributed by atoms with Crippen LogP contribution in [0.15, 0.2) is 36.9 Å². The van der Waals surface area contributed by atoms with Gasteiger partial charge in [0.25, 0.3) is 0 Å². The van der Waals surface area contributed by atoms with Gasteiger partial charge in [-0.05, 0) is 17.6 Å². The molecule has 3 rings (SSSR count). The van der Waals surface area contributed by atoms with Crippen molar-refractivity contribution in [2.45, 2.75) is 6.54 Å². The highest BCUT2D eigenvalue weighted by molar-refractivity contribution is 7.11. The second kappa shape index (κ2) is 5.07. The molecule has 19 heavy (non-hydrogen) atoms. The summed E-state index contributed by atoms with van der Waals surface area (Å²) in [5.74, 6) is 0.521. The van der Waals surface area contributed by atoms with Gasteiger partial charge < -0.3 is 11.1 Å². The molecule has 0 aliphatic heterocycles. The molecule has 7 heteroatoms. The number of rotatable bonds is 4. The van der Waals surface area contributed by atoms with E-state index in [-0.39, 0.29) is 0 Å². The fourth-order valence-corrected chi connectivity index (χ4v) is 2.50. The van der Waals surface area contributed by atoms with E-state index in [0.29, 0.717) is 12.4 Å². The van der Waals surface area contributed by atoms with E-state index in [2.05, 4.69) is 24.9 Å². The summed E-state index contributed by atoms with van der Waals surface area (Å²) in [5, 5.41) is 10.9. The molecule has 3 aromatic heterocycles. The number of H-pyrrole nitrogens is 1. The maximum Gasteiger partial charge on any atom is 0.147 e. The number of aromatic amines is 1. The Bertz CT molecular complexity index is 646. The van der Waals surface area contributed by atoms with E-state index in [1.807, 2.05) is 18.3 Å². The number of nitrogen functional groups attached to an aromatic ring is 1. The molecule has 0 saturated heterocycles. The van der Waals surface area contributed by atoms with Gasteiger partial charge >= 0.3 is 0 Å². The Hall–Kier alpha value is -2.41. The van der Waals surface area contributed by atoms with Gasteiger partial charge in [0, 0.05) is 36.3 Å². The Labute approximate surface area is 113 Å². The lowest BCUT2D eigenvalue weighted by molar-refractivity contribution is 1.09. The maximum atomic E-state index is 5.94. The lowest BCUT2D eigenvalue weighted by Crippen LogP contribution is -1.98. The highest BCUT2D eigenvalue weighted by atomic mass is 32.1. The van der Waals surface area contributed by atoms with Gasteiger partial charge in [0.15, 0.2) is 0 Å². The lowest BCUT2D eigenvalue weighted by Gasteiger charge is -2.05. The summed E-state index contributed by atoms with van der Waals surface area (Å²) >= 11 is 1.35. The monoisotopic (exact) mass is 272 g/mol. The molecular formula is C12H12N6S. The third-order valence-corrected chi connectivity index (χ3v) is 3.50. The first-order chi connectivity index (χ1) is 9.34. The molecule has 6 nitrogen and oxygen atoms in total. The Balaban J connectivity index is 1.87. The number of nitrogens with two attached hydrogens (primary N) is 1. The Morgan fingerprint density at radius 1 is 1.37 bits per heavy atom. The zero-order valence-electron chi connectivity index (χ0n) is 10.00. The summed E-state index contributed by atoms with van der Waals surface area (Å²) < 4.78 is 4.20. The number of anilines is 2. The Morgan fingerprint density at radius 3 is 3.05 bits per heavy atom. The molecule has 0 amide bonds. The van der Waals surface area contributed by atoms with Gasteiger partial charge in [0.1, 0.15) is 10.8 Å². The molecule has 4 N–H and O–H groups in total. The van der Waals surface area contributed by atoms with Crippen molar-refractivity contribution in [1.82, 2.24) is 19.6 Å². The quantitative estimate of drug-likeness (QED) is 0.676. The smallest absolute Gasteiger partial charge is 0.147 e. The molecule has 0 atom stereocenters. The molecule has 0 aliphatic carbocycles. The summed E-state index contributed by atoms with van der Waals surface area (Å²) in [6.07, 6.45) is 7.14. The van der Waals surface area contributed by atoms with Crippen LogP contribution in [0.2, 0.25) is 0 Å². The molecule has 3 heterocycles. The van der Waals surface area contributed by atoms with Crippen LogP contribution in [0.25, 0.3) is 11.1 Å². The van der Waals surface area contributed by atoms with Crippen LogP contribution in [0.3, 0.4) is 0 Å². The van der Waals surface area contributed by atoms with Crippen LogP contribution in [0.5, 0.6) is 0 Å². The predicted molar refractivity (Wildman–Crippen MR) is 75.7 cm³/mol. The number of pyridine rings is 1. The molecule has 0 fully saturated rings.